The summed E-state index contributed by atoms with van der Waals surface area (Å²) in [7, 11) is 0. The Labute approximate surface area is 151 Å². The van der Waals surface area contributed by atoms with Crippen LogP contribution in [0, 0.1) is 17.3 Å². The van der Waals surface area contributed by atoms with E-state index in [4.69, 9.17) is 5.73 Å². The molecule has 2 aliphatic rings. The van der Waals surface area contributed by atoms with Gasteiger partial charge in [-0.2, -0.15) is 0 Å². The number of benzene rings is 2. The van der Waals surface area contributed by atoms with Crippen LogP contribution in [-0.4, -0.2) is 6.54 Å². The van der Waals surface area contributed by atoms with Gasteiger partial charge in [-0.25, -0.2) is 0 Å². The zero-order valence-electron chi connectivity index (χ0n) is 15.0. The van der Waals surface area contributed by atoms with Crippen LogP contribution in [0.3, 0.4) is 0 Å². The van der Waals surface area contributed by atoms with Crippen molar-refractivity contribution in [3.8, 4) is 0 Å². The van der Waals surface area contributed by atoms with Gasteiger partial charge < -0.3 is 5.73 Å². The number of nitrogens with two attached hydrogens (primary N) is 1. The van der Waals surface area contributed by atoms with E-state index in [1.807, 2.05) is 0 Å². The second-order valence-electron chi connectivity index (χ2n) is 7.68. The molecule has 1 fully saturated rings. The maximum Gasteiger partial charge on any atom is 0.0242 e. The lowest BCUT2D eigenvalue weighted by Gasteiger charge is -2.37. The molecule has 0 radical (unpaired) electrons. The second-order valence-corrected chi connectivity index (χ2v) is 7.68. The molecule has 1 saturated carbocycles. The summed E-state index contributed by atoms with van der Waals surface area (Å²) >= 11 is 0. The summed E-state index contributed by atoms with van der Waals surface area (Å²) in [6, 6.07) is 21.7. The fraction of sp³-hybridized carbons (Fsp3) is 0.333. The van der Waals surface area contributed by atoms with Crippen LogP contribution in [0.2, 0.25) is 0 Å². The lowest BCUT2D eigenvalue weighted by molar-refractivity contribution is 0.327. The molecule has 2 N–H and O–H groups in total. The number of fused-ring (bicyclic) bond motifs is 1. The molecule has 0 amide bonds. The van der Waals surface area contributed by atoms with Gasteiger partial charge in [0.15, 0.2) is 0 Å². The number of allylic oxidation sites excluding steroid dienone is 3. The Morgan fingerprint density at radius 1 is 1.08 bits per heavy atom. The Morgan fingerprint density at radius 2 is 1.72 bits per heavy atom. The molecule has 0 aromatic heterocycles. The fourth-order valence-corrected chi connectivity index (χ4v) is 5.48. The Hall–Kier alpha value is -2.12. The average Bonchev–Trinajstić information content (AvgIpc) is 3.15. The average molecular weight is 329 g/mol. The van der Waals surface area contributed by atoms with E-state index in [1.165, 1.54) is 34.3 Å². The summed E-state index contributed by atoms with van der Waals surface area (Å²) in [4.78, 5) is 0. The molecule has 0 saturated heterocycles. The van der Waals surface area contributed by atoms with Crippen molar-refractivity contribution in [1.29, 1.82) is 0 Å². The van der Waals surface area contributed by atoms with Gasteiger partial charge in [0.1, 0.15) is 0 Å². The molecule has 0 spiro atoms. The van der Waals surface area contributed by atoms with Gasteiger partial charge in [0.05, 0.1) is 0 Å². The highest BCUT2D eigenvalue weighted by Crippen LogP contribution is 2.67. The van der Waals surface area contributed by atoms with Crippen molar-refractivity contribution < 1.29 is 0 Å². The van der Waals surface area contributed by atoms with Crippen LogP contribution >= 0.6 is 0 Å². The van der Waals surface area contributed by atoms with E-state index in [9.17, 15) is 0 Å². The van der Waals surface area contributed by atoms with Crippen LogP contribution in [0.5, 0.6) is 0 Å². The molecule has 0 heterocycles. The van der Waals surface area contributed by atoms with Crippen molar-refractivity contribution in [1.82, 2.24) is 0 Å². The van der Waals surface area contributed by atoms with E-state index in [-0.39, 0.29) is 5.41 Å². The van der Waals surface area contributed by atoms with E-state index in [0.29, 0.717) is 11.8 Å². The van der Waals surface area contributed by atoms with Crippen molar-refractivity contribution in [3.63, 3.8) is 0 Å². The summed E-state index contributed by atoms with van der Waals surface area (Å²) in [6.45, 7) is 7.74. The smallest absolute Gasteiger partial charge is 0.0242 e. The van der Waals surface area contributed by atoms with E-state index >= 15 is 0 Å². The van der Waals surface area contributed by atoms with Crippen LogP contribution in [-0.2, 0) is 0 Å². The van der Waals surface area contributed by atoms with E-state index in [1.54, 1.807) is 0 Å². The zero-order chi connectivity index (χ0) is 17.4. The predicted octanol–water partition coefficient (Wildman–Crippen LogP) is 5.55. The highest BCUT2D eigenvalue weighted by Gasteiger charge is 2.55. The maximum absolute atomic E-state index is 6.17. The lowest BCUT2D eigenvalue weighted by Crippen LogP contribution is -2.29. The minimum Gasteiger partial charge on any atom is -0.330 e. The van der Waals surface area contributed by atoms with Gasteiger partial charge in [-0.3, -0.25) is 0 Å². The second kappa shape index (κ2) is 6.31. The first-order valence-electron chi connectivity index (χ1n) is 9.39. The molecule has 1 nitrogen and oxygen atoms in total. The molecule has 2 aromatic carbocycles. The third-order valence-corrected chi connectivity index (χ3v) is 6.54. The van der Waals surface area contributed by atoms with Crippen LogP contribution in [0.15, 0.2) is 72.8 Å². The van der Waals surface area contributed by atoms with Gasteiger partial charge in [0, 0.05) is 5.41 Å². The summed E-state index contributed by atoms with van der Waals surface area (Å²) < 4.78 is 0. The molecule has 4 rings (SSSR count). The Kier molecular flexibility index (Phi) is 4.13. The van der Waals surface area contributed by atoms with Crippen molar-refractivity contribution in [2.24, 2.45) is 23.0 Å². The zero-order valence-corrected chi connectivity index (χ0v) is 15.0. The van der Waals surface area contributed by atoms with Crippen molar-refractivity contribution >= 4 is 11.1 Å². The minimum absolute atomic E-state index is 0.0385. The molecular weight excluding hydrogens is 302 g/mol. The molecule has 128 valence electrons. The SMILES string of the molecule is C=C(c1ccccc1)[C@@]12CC[C@H](CN)C1CC(C)=C2c1ccccc1. The first-order chi connectivity index (χ1) is 12.2. The Bertz CT molecular complexity index is 803. The summed E-state index contributed by atoms with van der Waals surface area (Å²) in [6.07, 6.45) is 3.52. The highest BCUT2D eigenvalue weighted by atomic mass is 14.6. The molecule has 0 aliphatic heterocycles. The van der Waals surface area contributed by atoms with Crippen LogP contribution < -0.4 is 5.73 Å². The number of hydrogen-bond acceptors (Lipinski definition) is 1. The van der Waals surface area contributed by atoms with E-state index < -0.39 is 0 Å². The molecule has 0 bridgehead atoms. The third kappa shape index (κ3) is 2.41. The standard InChI is InChI=1S/C24H27N/c1-17-15-22-21(16-25)13-14-24(22,18(2)19-9-5-3-6-10-19)23(17)20-11-7-4-8-12-20/h3-12,21-22H,2,13-16,25H2,1H3/t21-,22?,24+/m1/s1. The topological polar surface area (TPSA) is 26.0 Å². The van der Waals surface area contributed by atoms with Crippen LogP contribution in [0.4, 0.5) is 0 Å². The molecule has 2 aromatic rings. The van der Waals surface area contributed by atoms with Gasteiger partial charge in [-0.15, -0.1) is 0 Å². The van der Waals surface area contributed by atoms with Crippen molar-refractivity contribution in [2.75, 3.05) is 6.54 Å². The van der Waals surface area contributed by atoms with Gasteiger partial charge in [0.25, 0.3) is 0 Å². The summed E-state index contributed by atoms with van der Waals surface area (Å²) in [5.41, 5.74) is 13.2. The number of hydrogen-bond donors (Lipinski definition) is 1. The van der Waals surface area contributed by atoms with Crippen LogP contribution in [0.25, 0.3) is 11.1 Å². The molecule has 3 atom stereocenters. The quantitative estimate of drug-likeness (QED) is 0.782. The Morgan fingerprint density at radius 3 is 2.36 bits per heavy atom. The normalized spacial score (nSPS) is 28.2. The third-order valence-electron chi connectivity index (χ3n) is 6.54. The van der Waals surface area contributed by atoms with Gasteiger partial charge in [-0.05, 0) is 66.8 Å². The molecular formula is C24H27N. The molecule has 2 aliphatic carbocycles. The first-order valence-corrected chi connectivity index (χ1v) is 9.39. The molecule has 25 heavy (non-hydrogen) atoms. The molecule has 1 unspecified atom stereocenters. The summed E-state index contributed by atoms with van der Waals surface area (Å²) in [5, 5.41) is 0. The number of rotatable bonds is 4. The highest BCUT2D eigenvalue weighted by molar-refractivity contribution is 5.90. The maximum atomic E-state index is 6.17. The van der Waals surface area contributed by atoms with Gasteiger partial charge in [-0.1, -0.05) is 72.8 Å². The summed E-state index contributed by atoms with van der Waals surface area (Å²) in [5.74, 6) is 1.18. The molecule has 1 heteroatoms. The predicted molar refractivity (Wildman–Crippen MR) is 107 cm³/mol. The minimum atomic E-state index is 0.0385. The largest absolute Gasteiger partial charge is 0.330 e. The Balaban J connectivity index is 1.88. The van der Waals surface area contributed by atoms with Crippen molar-refractivity contribution in [2.45, 2.75) is 26.2 Å². The monoisotopic (exact) mass is 329 g/mol. The van der Waals surface area contributed by atoms with Crippen molar-refractivity contribution in [3.05, 3.63) is 83.9 Å². The van der Waals surface area contributed by atoms with Gasteiger partial charge >= 0.3 is 0 Å². The van der Waals surface area contributed by atoms with E-state index in [2.05, 4.69) is 74.2 Å². The van der Waals surface area contributed by atoms with Gasteiger partial charge in [0.2, 0.25) is 0 Å². The fourth-order valence-electron chi connectivity index (χ4n) is 5.48. The van der Waals surface area contributed by atoms with E-state index in [0.717, 1.165) is 19.4 Å². The first kappa shape index (κ1) is 16.4. The van der Waals surface area contributed by atoms with Crippen LogP contribution in [0.1, 0.15) is 37.3 Å². The lowest BCUT2D eigenvalue weighted by atomic mass is 9.65.